The third kappa shape index (κ3) is 14.0. The van der Waals surface area contributed by atoms with Gasteiger partial charge in [0.2, 0.25) is 29.5 Å². The molecule has 5 amide bonds. The number of anilines is 2. The maximum atomic E-state index is 15.9. The molecule has 0 spiro atoms. The number of amides is 5. The van der Waals surface area contributed by atoms with Crippen LogP contribution in [0.3, 0.4) is 0 Å². The van der Waals surface area contributed by atoms with Crippen molar-refractivity contribution < 1.29 is 61.5 Å². The Morgan fingerprint density at radius 1 is 0.861 bits per heavy atom. The summed E-state index contributed by atoms with van der Waals surface area (Å²) in [7, 11) is 1.48. The highest BCUT2D eigenvalue weighted by Gasteiger charge is 2.57. The van der Waals surface area contributed by atoms with Crippen molar-refractivity contribution in [1.82, 2.24) is 25.5 Å². The van der Waals surface area contributed by atoms with Gasteiger partial charge >= 0.3 is 0 Å². The molecule has 1 saturated carbocycles. The fourth-order valence-electron chi connectivity index (χ4n) is 9.19. The second kappa shape index (κ2) is 25.5. The zero-order valence-electron chi connectivity index (χ0n) is 44.7. The van der Waals surface area contributed by atoms with Crippen LogP contribution in [0.5, 0.6) is 23.0 Å². The summed E-state index contributed by atoms with van der Waals surface area (Å²) < 4.78 is 58.9. The lowest BCUT2D eigenvalue weighted by Crippen LogP contribution is -2.57. The number of carbonyl (C=O) groups is 5. The molecule has 3 atom stereocenters. The fourth-order valence-corrected chi connectivity index (χ4v) is 10.00. The van der Waals surface area contributed by atoms with Crippen LogP contribution in [0.2, 0.25) is 0 Å². The molecule has 2 aliphatic rings. The van der Waals surface area contributed by atoms with E-state index in [1.165, 1.54) is 42.5 Å². The summed E-state index contributed by atoms with van der Waals surface area (Å²) in [6, 6.07) is 19.8. The molecule has 1 saturated heterocycles. The molecular formula is C58H65F2N7O11S. The van der Waals surface area contributed by atoms with Crippen LogP contribution < -0.4 is 35.5 Å². The molecule has 5 N–H and O–H groups in total. The Morgan fingerprint density at radius 2 is 1.56 bits per heavy atom. The molecule has 21 heteroatoms. The maximum Gasteiger partial charge on any atom is 0.247 e. The van der Waals surface area contributed by atoms with Crippen LogP contribution >= 0.6 is 11.3 Å². The Balaban J connectivity index is 0.747. The number of pyridine rings is 1. The van der Waals surface area contributed by atoms with E-state index in [-0.39, 0.29) is 86.7 Å². The highest BCUT2D eigenvalue weighted by atomic mass is 32.1. The number of aromatic nitrogens is 2. The standard InChI is InChI=1S/C58H65F2N7O11S/c1-35-51(79-34-64-35)37-10-8-36(9-11-37)32-63-53(70)45-29-41(68)33-66(45)54(71)52(57(2,3)4)65-50(69)19-27-76-24-6-23-75-25-7-26-77-49-31-44-42(30-48(49)74-5)46(18-22-62-44)78-47-17-16-40(28-43(47)60)67(39-14-12-38(59)13-15-39)56(73)58(20-21-58)55(61)72/h8-18,22,28,30-31,34,41,45,52,68H,6-7,19-21,23-27,29,32-33H2,1-5H3,(H2,61,72)(H,63,70)(H,65,69)/t41-,45+,52-/m0/s1. The molecule has 3 heterocycles. The summed E-state index contributed by atoms with van der Waals surface area (Å²) in [5, 5.41) is 16.9. The minimum absolute atomic E-state index is 0.00667. The van der Waals surface area contributed by atoms with E-state index in [0.717, 1.165) is 44.8 Å². The Kier molecular flexibility index (Phi) is 18.6. The van der Waals surface area contributed by atoms with E-state index in [0.29, 0.717) is 55.1 Å². The number of hydrogen-bond donors (Lipinski definition) is 4. The van der Waals surface area contributed by atoms with Gasteiger partial charge < -0.3 is 50.1 Å². The first-order chi connectivity index (χ1) is 37.9. The van der Waals surface area contributed by atoms with Crippen LogP contribution in [-0.4, -0.2) is 114 Å². The highest BCUT2D eigenvalue weighted by molar-refractivity contribution is 7.13. The number of nitrogens with one attached hydrogen (secondary N) is 2. The largest absolute Gasteiger partial charge is 0.493 e. The molecule has 0 bridgehead atoms. The zero-order chi connectivity index (χ0) is 56.4. The van der Waals surface area contributed by atoms with E-state index in [4.69, 9.17) is 29.4 Å². The summed E-state index contributed by atoms with van der Waals surface area (Å²) in [4.78, 5) is 79.0. The molecule has 418 valence electrons. The number of thiazole rings is 1. The van der Waals surface area contributed by atoms with Gasteiger partial charge in [0.15, 0.2) is 23.1 Å². The number of aryl methyl sites for hydroxylation is 1. The van der Waals surface area contributed by atoms with Crippen LogP contribution in [0.1, 0.15) is 70.6 Å². The number of halogens is 2. The van der Waals surface area contributed by atoms with Gasteiger partial charge in [0.1, 0.15) is 29.1 Å². The number of methoxy groups -OCH3 is 1. The first-order valence-corrected chi connectivity index (χ1v) is 26.9. The predicted molar refractivity (Wildman–Crippen MR) is 292 cm³/mol. The Morgan fingerprint density at radius 3 is 2.20 bits per heavy atom. The number of aliphatic hydroxyl groups excluding tert-OH is 1. The molecule has 2 fully saturated rings. The van der Waals surface area contributed by atoms with Crippen molar-refractivity contribution in [2.75, 3.05) is 51.6 Å². The van der Waals surface area contributed by atoms with E-state index in [9.17, 15) is 33.5 Å². The predicted octanol–water partition coefficient (Wildman–Crippen LogP) is 8.07. The van der Waals surface area contributed by atoms with Crippen molar-refractivity contribution in [2.45, 2.75) is 91.0 Å². The fraction of sp³-hybridized carbons (Fsp3) is 0.397. The molecule has 79 heavy (non-hydrogen) atoms. The highest BCUT2D eigenvalue weighted by Crippen LogP contribution is 2.49. The lowest BCUT2D eigenvalue weighted by Gasteiger charge is -2.35. The van der Waals surface area contributed by atoms with Gasteiger partial charge in [0.05, 0.1) is 53.7 Å². The molecule has 8 rings (SSSR count). The van der Waals surface area contributed by atoms with Crippen LogP contribution in [0.15, 0.2) is 96.6 Å². The number of carbonyl (C=O) groups excluding carboxylic acids is 5. The lowest BCUT2D eigenvalue weighted by molar-refractivity contribution is -0.144. The van der Waals surface area contributed by atoms with Gasteiger partial charge in [-0.15, -0.1) is 11.3 Å². The molecule has 4 aromatic carbocycles. The maximum absolute atomic E-state index is 15.9. The van der Waals surface area contributed by atoms with E-state index in [2.05, 4.69) is 20.6 Å². The number of ether oxygens (including phenoxy) is 5. The summed E-state index contributed by atoms with van der Waals surface area (Å²) >= 11 is 1.56. The van der Waals surface area contributed by atoms with Crippen molar-refractivity contribution in [1.29, 1.82) is 0 Å². The van der Waals surface area contributed by atoms with Gasteiger partial charge in [0.25, 0.3) is 0 Å². The van der Waals surface area contributed by atoms with E-state index in [1.54, 1.807) is 35.0 Å². The SMILES string of the molecule is COc1cc2c(Oc3ccc(N(C(=O)C4(C(N)=O)CC4)c4ccc(F)cc4)cc3F)ccnc2cc1OCCCOCCCOCCC(=O)N[C@@H](C(=O)N1C[C@@H](O)C[C@@H]1C(=O)NCc1ccc(-c2scnc2C)cc1)C(C)(C)C. The van der Waals surface area contributed by atoms with Gasteiger partial charge in [-0.05, 0) is 91.3 Å². The van der Waals surface area contributed by atoms with Crippen LogP contribution in [0.4, 0.5) is 20.2 Å². The summed E-state index contributed by atoms with van der Waals surface area (Å²) in [5.41, 5.74) is 8.93. The van der Waals surface area contributed by atoms with Crippen molar-refractivity contribution in [2.24, 2.45) is 16.6 Å². The van der Waals surface area contributed by atoms with Crippen LogP contribution in [0, 0.1) is 29.4 Å². The molecule has 18 nitrogen and oxygen atoms in total. The van der Waals surface area contributed by atoms with E-state index < -0.39 is 58.4 Å². The molecule has 1 aliphatic heterocycles. The van der Waals surface area contributed by atoms with Gasteiger partial charge in [0, 0.05) is 81.6 Å². The normalized spacial score (nSPS) is 16.0. The molecule has 6 aromatic rings. The van der Waals surface area contributed by atoms with Gasteiger partial charge in [-0.3, -0.25) is 33.9 Å². The topological polar surface area (TPSA) is 234 Å². The minimum atomic E-state index is -1.43. The molecule has 0 unspecified atom stereocenters. The number of primary amides is 1. The molecular weight excluding hydrogens is 1040 g/mol. The monoisotopic (exact) mass is 1110 g/mol. The second-order valence-electron chi connectivity index (χ2n) is 20.6. The number of hydrogen-bond acceptors (Lipinski definition) is 14. The van der Waals surface area contributed by atoms with Crippen LogP contribution in [-0.2, 0) is 40.0 Å². The average Bonchev–Trinajstić information content (AvgIpc) is 4.05. The molecule has 0 radical (unpaired) electrons. The van der Waals surface area contributed by atoms with E-state index in [1.807, 2.05) is 52.0 Å². The summed E-state index contributed by atoms with van der Waals surface area (Å²) in [5.74, 6) is -3.09. The Bertz CT molecular complexity index is 3150. The lowest BCUT2D eigenvalue weighted by atomic mass is 9.85. The van der Waals surface area contributed by atoms with Crippen molar-refractivity contribution >= 4 is 63.2 Å². The molecule has 2 aromatic heterocycles. The number of β-amino-alcohol motifs (C(OH)–C–C–N with tert-alkyl or cyclic N) is 1. The van der Waals surface area contributed by atoms with Gasteiger partial charge in [-0.25, -0.2) is 13.8 Å². The summed E-state index contributed by atoms with van der Waals surface area (Å²) in [6.45, 7) is 9.20. The Hall–Kier alpha value is -7.59. The third-order valence-electron chi connectivity index (χ3n) is 13.8. The minimum Gasteiger partial charge on any atom is -0.493 e. The number of nitrogens with two attached hydrogens (primary N) is 1. The van der Waals surface area contributed by atoms with E-state index >= 15 is 4.39 Å². The number of fused-ring (bicyclic) bond motifs is 1. The number of benzene rings is 4. The van der Waals surface area contributed by atoms with Gasteiger partial charge in [-0.1, -0.05) is 45.0 Å². The number of aliphatic hydroxyl groups is 1. The zero-order valence-corrected chi connectivity index (χ0v) is 45.5. The Labute approximate surface area is 460 Å². The summed E-state index contributed by atoms with van der Waals surface area (Å²) in [6.07, 6.45) is 2.31. The number of likely N-dealkylation sites (tertiary alicyclic amines) is 1. The van der Waals surface area contributed by atoms with Crippen molar-refractivity contribution in [3.8, 4) is 33.4 Å². The third-order valence-corrected chi connectivity index (χ3v) is 14.7. The van der Waals surface area contributed by atoms with Gasteiger partial charge in [-0.2, -0.15) is 0 Å². The smallest absolute Gasteiger partial charge is 0.247 e. The van der Waals surface area contributed by atoms with Crippen LogP contribution in [0.25, 0.3) is 21.3 Å². The quantitative estimate of drug-likeness (QED) is 0.0314. The van der Waals surface area contributed by atoms with Crippen molar-refractivity contribution in [3.05, 3.63) is 120 Å². The molecule has 1 aliphatic carbocycles. The van der Waals surface area contributed by atoms with Crippen molar-refractivity contribution in [3.63, 3.8) is 0 Å². The average molecular weight is 1110 g/mol. The first-order valence-electron chi connectivity index (χ1n) is 26.0. The first kappa shape index (κ1) is 57.6. The number of nitrogens with zero attached hydrogens (tertiary/aromatic N) is 4. The second-order valence-corrected chi connectivity index (χ2v) is 21.4. The number of rotatable bonds is 25.